The zero-order valence-electron chi connectivity index (χ0n) is 10.4. The van der Waals surface area contributed by atoms with Gasteiger partial charge in [0.1, 0.15) is 34.9 Å². The number of nitriles is 2. The van der Waals surface area contributed by atoms with Crippen molar-refractivity contribution in [3.63, 3.8) is 0 Å². The van der Waals surface area contributed by atoms with Crippen LogP contribution in [0.5, 0.6) is 0 Å². The van der Waals surface area contributed by atoms with Gasteiger partial charge < -0.3 is 5.32 Å². The third-order valence-electron chi connectivity index (χ3n) is 2.71. The predicted molar refractivity (Wildman–Crippen MR) is 67.1 cm³/mol. The summed E-state index contributed by atoms with van der Waals surface area (Å²) in [5.74, 6) is -0.174. The van der Waals surface area contributed by atoms with Crippen molar-refractivity contribution in [2.24, 2.45) is 7.05 Å². The Labute approximate surface area is 109 Å². The summed E-state index contributed by atoms with van der Waals surface area (Å²) in [7, 11) is 1.67. The number of halogens is 1. The minimum Gasteiger partial charge on any atom is -0.338 e. The van der Waals surface area contributed by atoms with Crippen LogP contribution in [-0.4, -0.2) is 9.78 Å². The van der Waals surface area contributed by atoms with Crippen molar-refractivity contribution in [3.05, 3.63) is 40.8 Å². The van der Waals surface area contributed by atoms with E-state index in [1.54, 1.807) is 26.1 Å². The molecule has 19 heavy (non-hydrogen) atoms. The lowest BCUT2D eigenvalue weighted by Crippen LogP contribution is -2.02. The van der Waals surface area contributed by atoms with Crippen LogP contribution in [0.1, 0.15) is 16.8 Å². The van der Waals surface area contributed by atoms with Crippen molar-refractivity contribution in [2.75, 3.05) is 5.32 Å². The van der Waals surface area contributed by atoms with Crippen LogP contribution in [-0.2, 0) is 7.05 Å². The monoisotopic (exact) mass is 255 g/mol. The van der Waals surface area contributed by atoms with Crippen LogP contribution >= 0.6 is 0 Å². The quantitative estimate of drug-likeness (QED) is 0.893. The minimum atomic E-state index is -0.607. The van der Waals surface area contributed by atoms with Crippen LogP contribution < -0.4 is 5.32 Å². The molecule has 1 N–H and O–H groups in total. The normalized spacial score (nSPS) is 9.74. The van der Waals surface area contributed by atoms with Gasteiger partial charge >= 0.3 is 0 Å². The van der Waals surface area contributed by atoms with Crippen molar-refractivity contribution in [3.8, 4) is 12.1 Å². The molecule has 0 unspecified atom stereocenters. The zero-order valence-corrected chi connectivity index (χ0v) is 10.4. The molecule has 1 heterocycles. The van der Waals surface area contributed by atoms with Gasteiger partial charge in [-0.15, -0.1) is 0 Å². The van der Waals surface area contributed by atoms with Crippen molar-refractivity contribution in [1.29, 1.82) is 10.5 Å². The third-order valence-corrected chi connectivity index (χ3v) is 2.71. The number of anilines is 2. The molecule has 0 aliphatic heterocycles. The van der Waals surface area contributed by atoms with E-state index in [9.17, 15) is 4.39 Å². The molecule has 0 fully saturated rings. The summed E-state index contributed by atoms with van der Waals surface area (Å²) in [5, 5.41) is 25.0. The summed E-state index contributed by atoms with van der Waals surface area (Å²) in [6, 6.07) is 8.11. The summed E-state index contributed by atoms with van der Waals surface area (Å²) in [4.78, 5) is 0. The molecule has 94 valence electrons. The number of benzene rings is 1. The molecule has 0 atom stereocenters. The van der Waals surface area contributed by atoms with Crippen LogP contribution in [0.25, 0.3) is 0 Å². The Morgan fingerprint density at radius 1 is 1.26 bits per heavy atom. The number of aryl methyl sites for hydroxylation is 2. The van der Waals surface area contributed by atoms with Crippen molar-refractivity contribution in [2.45, 2.75) is 6.92 Å². The zero-order chi connectivity index (χ0) is 14.0. The van der Waals surface area contributed by atoms with Crippen molar-refractivity contribution in [1.82, 2.24) is 9.78 Å². The Balaban J connectivity index is 2.52. The average molecular weight is 255 g/mol. The number of hydrogen-bond acceptors (Lipinski definition) is 4. The highest BCUT2D eigenvalue weighted by atomic mass is 19.1. The number of hydrogen-bond donors (Lipinski definition) is 1. The Kier molecular flexibility index (Phi) is 3.17. The van der Waals surface area contributed by atoms with Gasteiger partial charge in [-0.1, -0.05) is 6.07 Å². The molecule has 0 saturated carbocycles. The first-order valence-electron chi connectivity index (χ1n) is 5.47. The van der Waals surface area contributed by atoms with Gasteiger partial charge in [0.05, 0.1) is 11.4 Å². The van der Waals surface area contributed by atoms with Gasteiger partial charge in [0.25, 0.3) is 0 Å². The molecular formula is C13H10FN5. The molecule has 2 aromatic rings. The standard InChI is InChI=1S/C13H10FN5/c1-8-9(6-15)13(19(2)18-8)17-12-5-3-4-11(14)10(12)7-16/h3-5,17H,1-2H3. The first-order chi connectivity index (χ1) is 9.08. The minimum absolute atomic E-state index is 0.0924. The summed E-state index contributed by atoms with van der Waals surface area (Å²) in [5.41, 5.74) is 1.16. The lowest BCUT2D eigenvalue weighted by molar-refractivity contribution is 0.624. The molecule has 0 bridgehead atoms. The SMILES string of the molecule is Cc1nn(C)c(Nc2cccc(F)c2C#N)c1C#N. The maximum absolute atomic E-state index is 13.5. The maximum atomic E-state index is 13.5. The van der Waals surface area contributed by atoms with Gasteiger partial charge in [-0.05, 0) is 19.1 Å². The lowest BCUT2D eigenvalue weighted by atomic mass is 10.1. The topological polar surface area (TPSA) is 77.4 Å². The van der Waals surface area contributed by atoms with Crippen LogP contribution in [0, 0.1) is 35.4 Å². The molecule has 1 aromatic carbocycles. The molecule has 0 amide bonds. The molecule has 0 aliphatic carbocycles. The molecule has 0 aliphatic rings. The fraction of sp³-hybridized carbons (Fsp3) is 0.154. The van der Waals surface area contributed by atoms with Crippen molar-refractivity contribution >= 4 is 11.5 Å². The van der Waals surface area contributed by atoms with E-state index in [0.717, 1.165) is 0 Å². The van der Waals surface area contributed by atoms with E-state index in [4.69, 9.17) is 10.5 Å². The maximum Gasteiger partial charge on any atom is 0.146 e. The van der Waals surface area contributed by atoms with E-state index >= 15 is 0 Å². The largest absolute Gasteiger partial charge is 0.338 e. The second-order valence-electron chi connectivity index (χ2n) is 3.94. The summed E-state index contributed by atoms with van der Waals surface area (Å²) >= 11 is 0. The van der Waals surface area contributed by atoms with Crippen LogP contribution in [0.4, 0.5) is 15.9 Å². The fourth-order valence-electron chi connectivity index (χ4n) is 1.80. The van der Waals surface area contributed by atoms with Gasteiger partial charge in [-0.25, -0.2) is 4.39 Å². The molecule has 6 heteroatoms. The van der Waals surface area contributed by atoms with E-state index in [1.807, 2.05) is 6.07 Å². The van der Waals surface area contributed by atoms with E-state index < -0.39 is 5.82 Å². The average Bonchev–Trinajstić information content (AvgIpc) is 2.64. The molecule has 1 aromatic heterocycles. The smallest absolute Gasteiger partial charge is 0.146 e. The molecular weight excluding hydrogens is 245 g/mol. The Morgan fingerprint density at radius 3 is 2.58 bits per heavy atom. The van der Waals surface area contributed by atoms with E-state index in [0.29, 0.717) is 22.8 Å². The first kappa shape index (κ1) is 12.6. The molecule has 0 saturated heterocycles. The van der Waals surface area contributed by atoms with Crippen LogP contribution in [0.2, 0.25) is 0 Å². The second kappa shape index (κ2) is 4.79. The van der Waals surface area contributed by atoms with Gasteiger partial charge in [-0.2, -0.15) is 15.6 Å². The van der Waals surface area contributed by atoms with Crippen LogP contribution in [0.15, 0.2) is 18.2 Å². The fourth-order valence-corrected chi connectivity index (χ4v) is 1.80. The third kappa shape index (κ3) is 2.12. The number of nitrogens with zero attached hydrogens (tertiary/aromatic N) is 4. The van der Waals surface area contributed by atoms with Gasteiger partial charge in [0, 0.05) is 7.05 Å². The number of rotatable bonds is 2. The summed E-state index contributed by atoms with van der Waals surface area (Å²) in [6.45, 7) is 1.71. The van der Waals surface area contributed by atoms with Crippen molar-refractivity contribution < 1.29 is 4.39 Å². The summed E-state index contributed by atoms with van der Waals surface area (Å²) in [6.07, 6.45) is 0. The lowest BCUT2D eigenvalue weighted by Gasteiger charge is -2.09. The molecule has 0 spiro atoms. The highest BCUT2D eigenvalue weighted by molar-refractivity contribution is 5.69. The number of nitrogens with one attached hydrogen (secondary N) is 1. The molecule has 5 nitrogen and oxygen atoms in total. The Morgan fingerprint density at radius 2 is 1.95 bits per heavy atom. The molecule has 2 rings (SSSR count). The second-order valence-corrected chi connectivity index (χ2v) is 3.94. The van der Waals surface area contributed by atoms with Gasteiger partial charge in [0.2, 0.25) is 0 Å². The van der Waals surface area contributed by atoms with E-state index in [2.05, 4.69) is 10.4 Å². The Bertz CT molecular complexity index is 718. The highest BCUT2D eigenvalue weighted by Gasteiger charge is 2.15. The Hall–Kier alpha value is -2.86. The van der Waals surface area contributed by atoms with E-state index in [-0.39, 0.29) is 5.56 Å². The molecule has 0 radical (unpaired) electrons. The van der Waals surface area contributed by atoms with Gasteiger partial charge in [-0.3, -0.25) is 4.68 Å². The predicted octanol–water partition coefficient (Wildman–Crippen LogP) is 2.35. The number of aromatic nitrogens is 2. The first-order valence-corrected chi connectivity index (χ1v) is 5.47. The summed E-state index contributed by atoms with van der Waals surface area (Å²) < 4.78 is 15.0. The van der Waals surface area contributed by atoms with Gasteiger partial charge in [0.15, 0.2) is 0 Å². The van der Waals surface area contributed by atoms with E-state index in [1.165, 1.54) is 16.8 Å². The van der Waals surface area contributed by atoms with Crippen LogP contribution in [0.3, 0.4) is 0 Å². The highest BCUT2D eigenvalue weighted by Crippen LogP contribution is 2.25.